The number of Topliss-reactive ketones (excluding diaryl/α,β-unsaturated/α-hetero) is 1. The summed E-state index contributed by atoms with van der Waals surface area (Å²) in [6.07, 6.45) is 2.96. The van der Waals surface area contributed by atoms with E-state index in [9.17, 15) is 4.79 Å². The molecule has 2 rings (SSSR count). The molecule has 1 saturated heterocycles. The van der Waals surface area contributed by atoms with Gasteiger partial charge in [0.25, 0.3) is 0 Å². The van der Waals surface area contributed by atoms with Crippen LogP contribution in [0.1, 0.15) is 56.0 Å². The summed E-state index contributed by atoms with van der Waals surface area (Å²) in [4.78, 5) is 12.1. The highest BCUT2D eigenvalue weighted by Crippen LogP contribution is 2.23. The van der Waals surface area contributed by atoms with Crippen LogP contribution in [0.15, 0.2) is 24.3 Å². The van der Waals surface area contributed by atoms with Gasteiger partial charge >= 0.3 is 0 Å². The fourth-order valence-electron chi connectivity index (χ4n) is 2.43. The first-order valence-electron chi connectivity index (χ1n) is 6.84. The van der Waals surface area contributed by atoms with Crippen molar-refractivity contribution in [2.24, 2.45) is 0 Å². The molecule has 0 bridgehead atoms. The van der Waals surface area contributed by atoms with Gasteiger partial charge in [-0.25, -0.2) is 0 Å². The van der Waals surface area contributed by atoms with E-state index in [1.54, 1.807) is 0 Å². The highest BCUT2D eigenvalue weighted by Gasteiger charge is 2.19. The standard InChI is InChI=1S/C16H23NO/c1-16(2,3)13-8-6-12(7-9-13)15(18)11-14-5-4-10-17-14/h6-9,14,17H,4-5,10-11H2,1-3H3. The molecular weight excluding hydrogens is 222 g/mol. The number of nitrogens with one attached hydrogen (secondary N) is 1. The maximum atomic E-state index is 12.1. The molecule has 2 heteroatoms. The third-order valence-corrected chi connectivity index (χ3v) is 3.67. The predicted octanol–water partition coefficient (Wildman–Crippen LogP) is 3.31. The summed E-state index contributed by atoms with van der Waals surface area (Å²) in [7, 11) is 0. The monoisotopic (exact) mass is 245 g/mol. The van der Waals surface area contributed by atoms with Crippen LogP contribution in [0, 0.1) is 0 Å². The van der Waals surface area contributed by atoms with Crippen molar-refractivity contribution in [1.29, 1.82) is 0 Å². The number of hydrogen-bond donors (Lipinski definition) is 1. The third-order valence-electron chi connectivity index (χ3n) is 3.67. The van der Waals surface area contributed by atoms with E-state index >= 15 is 0 Å². The van der Waals surface area contributed by atoms with Crippen molar-refractivity contribution < 1.29 is 4.79 Å². The first-order chi connectivity index (χ1) is 8.47. The van der Waals surface area contributed by atoms with Crippen LogP contribution in [-0.2, 0) is 5.41 Å². The van der Waals surface area contributed by atoms with Crippen molar-refractivity contribution in [3.8, 4) is 0 Å². The van der Waals surface area contributed by atoms with Gasteiger partial charge in [-0.15, -0.1) is 0 Å². The number of carbonyl (C=O) groups is 1. The normalized spacial score (nSPS) is 20.1. The van der Waals surface area contributed by atoms with E-state index in [0.717, 1.165) is 18.5 Å². The number of benzene rings is 1. The highest BCUT2D eigenvalue weighted by molar-refractivity contribution is 5.96. The van der Waals surface area contributed by atoms with Crippen molar-refractivity contribution in [3.05, 3.63) is 35.4 Å². The third kappa shape index (κ3) is 3.20. The molecule has 2 nitrogen and oxygen atoms in total. The van der Waals surface area contributed by atoms with Crippen LogP contribution in [0.3, 0.4) is 0 Å². The second-order valence-electron chi connectivity index (χ2n) is 6.25. The molecule has 1 N–H and O–H groups in total. The summed E-state index contributed by atoms with van der Waals surface area (Å²) in [5.41, 5.74) is 2.27. The largest absolute Gasteiger partial charge is 0.314 e. The first kappa shape index (κ1) is 13.3. The van der Waals surface area contributed by atoms with Gasteiger partial charge in [-0.2, -0.15) is 0 Å². The fourth-order valence-corrected chi connectivity index (χ4v) is 2.43. The number of carbonyl (C=O) groups excluding carboxylic acids is 1. The van der Waals surface area contributed by atoms with Crippen molar-refractivity contribution in [3.63, 3.8) is 0 Å². The summed E-state index contributed by atoms with van der Waals surface area (Å²) in [6.45, 7) is 7.62. The minimum atomic E-state index is 0.147. The summed E-state index contributed by atoms with van der Waals surface area (Å²) in [6, 6.07) is 8.49. The van der Waals surface area contributed by atoms with Gasteiger partial charge in [0.15, 0.2) is 5.78 Å². The van der Waals surface area contributed by atoms with Crippen LogP contribution < -0.4 is 5.32 Å². The molecule has 1 atom stereocenters. The predicted molar refractivity (Wildman–Crippen MR) is 75.1 cm³/mol. The molecular formula is C16H23NO. The smallest absolute Gasteiger partial charge is 0.164 e. The summed E-state index contributed by atoms with van der Waals surface area (Å²) in [5, 5.41) is 3.37. The van der Waals surface area contributed by atoms with Crippen LogP contribution >= 0.6 is 0 Å². The lowest BCUT2D eigenvalue weighted by atomic mass is 9.86. The molecule has 1 fully saturated rings. The lowest BCUT2D eigenvalue weighted by Gasteiger charge is -2.19. The van der Waals surface area contributed by atoms with Crippen molar-refractivity contribution in [2.75, 3.05) is 6.54 Å². The van der Waals surface area contributed by atoms with E-state index < -0.39 is 0 Å². The number of ketones is 1. The van der Waals surface area contributed by atoms with Gasteiger partial charge in [-0.05, 0) is 30.4 Å². The molecule has 1 aliphatic rings. The quantitative estimate of drug-likeness (QED) is 0.828. The SMILES string of the molecule is CC(C)(C)c1ccc(C(=O)CC2CCCN2)cc1. The molecule has 0 spiro atoms. The van der Waals surface area contributed by atoms with E-state index in [2.05, 4.69) is 38.2 Å². The topological polar surface area (TPSA) is 29.1 Å². The Morgan fingerprint density at radius 2 is 1.94 bits per heavy atom. The number of hydrogen-bond acceptors (Lipinski definition) is 2. The van der Waals surface area contributed by atoms with Crippen LogP contribution in [0.5, 0.6) is 0 Å². The zero-order valence-corrected chi connectivity index (χ0v) is 11.6. The van der Waals surface area contributed by atoms with Gasteiger partial charge in [-0.3, -0.25) is 4.79 Å². The first-order valence-corrected chi connectivity index (χ1v) is 6.84. The van der Waals surface area contributed by atoms with E-state index in [1.807, 2.05) is 12.1 Å². The lowest BCUT2D eigenvalue weighted by Crippen LogP contribution is -2.24. The Morgan fingerprint density at radius 1 is 1.28 bits per heavy atom. The summed E-state index contributed by atoms with van der Waals surface area (Å²) in [5.74, 6) is 0.259. The maximum absolute atomic E-state index is 12.1. The van der Waals surface area contributed by atoms with Gasteiger partial charge in [0.2, 0.25) is 0 Å². The van der Waals surface area contributed by atoms with E-state index in [-0.39, 0.29) is 11.2 Å². The van der Waals surface area contributed by atoms with Crippen LogP contribution in [0.4, 0.5) is 0 Å². The molecule has 0 aromatic heterocycles. The number of rotatable bonds is 3. The Kier molecular flexibility index (Phi) is 3.86. The zero-order valence-electron chi connectivity index (χ0n) is 11.6. The van der Waals surface area contributed by atoms with Gasteiger partial charge in [0.1, 0.15) is 0 Å². The van der Waals surface area contributed by atoms with Gasteiger partial charge in [0, 0.05) is 18.0 Å². The second-order valence-corrected chi connectivity index (χ2v) is 6.25. The molecule has 0 radical (unpaired) electrons. The Morgan fingerprint density at radius 3 is 2.44 bits per heavy atom. The Labute approximate surface area is 110 Å². The molecule has 1 aliphatic heterocycles. The summed E-state index contributed by atoms with van der Waals surface area (Å²) < 4.78 is 0. The van der Waals surface area contributed by atoms with Gasteiger partial charge in [0.05, 0.1) is 0 Å². The van der Waals surface area contributed by atoms with Crippen molar-refractivity contribution in [2.45, 2.75) is 51.5 Å². The van der Waals surface area contributed by atoms with Crippen molar-refractivity contribution in [1.82, 2.24) is 5.32 Å². The Bertz CT molecular complexity index is 408. The summed E-state index contributed by atoms with van der Waals surface area (Å²) >= 11 is 0. The fraction of sp³-hybridized carbons (Fsp3) is 0.562. The highest BCUT2D eigenvalue weighted by atomic mass is 16.1. The molecule has 0 aliphatic carbocycles. The molecule has 1 heterocycles. The Balaban J connectivity index is 2.02. The lowest BCUT2D eigenvalue weighted by molar-refractivity contribution is 0.0971. The maximum Gasteiger partial charge on any atom is 0.164 e. The average molecular weight is 245 g/mol. The van der Waals surface area contributed by atoms with Crippen LogP contribution in [0.2, 0.25) is 0 Å². The van der Waals surface area contributed by atoms with E-state index in [0.29, 0.717) is 12.5 Å². The van der Waals surface area contributed by atoms with Gasteiger partial charge in [-0.1, -0.05) is 45.0 Å². The molecule has 18 heavy (non-hydrogen) atoms. The van der Waals surface area contributed by atoms with Crippen LogP contribution in [-0.4, -0.2) is 18.4 Å². The molecule has 98 valence electrons. The van der Waals surface area contributed by atoms with Crippen molar-refractivity contribution >= 4 is 5.78 Å². The average Bonchev–Trinajstić information content (AvgIpc) is 2.81. The van der Waals surface area contributed by atoms with Crippen LogP contribution in [0.25, 0.3) is 0 Å². The molecule has 0 amide bonds. The molecule has 1 aromatic rings. The van der Waals surface area contributed by atoms with E-state index in [4.69, 9.17) is 0 Å². The minimum Gasteiger partial charge on any atom is -0.314 e. The zero-order chi connectivity index (χ0) is 13.2. The molecule has 0 saturated carbocycles. The minimum absolute atomic E-state index is 0.147. The van der Waals surface area contributed by atoms with E-state index in [1.165, 1.54) is 12.0 Å². The van der Waals surface area contributed by atoms with Gasteiger partial charge < -0.3 is 5.32 Å². The molecule has 1 aromatic carbocycles. The Hall–Kier alpha value is -1.15. The molecule has 1 unspecified atom stereocenters. The second kappa shape index (κ2) is 5.23.